The summed E-state index contributed by atoms with van der Waals surface area (Å²) in [5, 5.41) is 2.83. The van der Waals surface area contributed by atoms with Crippen LogP contribution in [0.3, 0.4) is 0 Å². The highest BCUT2D eigenvalue weighted by Crippen LogP contribution is 2.17. The third-order valence-corrected chi connectivity index (χ3v) is 3.20. The number of carbonyl (C=O) groups is 1. The number of pyridine rings is 1. The second kappa shape index (κ2) is 4.81. The maximum atomic E-state index is 12.2. The highest BCUT2D eigenvalue weighted by molar-refractivity contribution is 9.10. The Morgan fingerprint density at radius 2 is 1.95 bits per heavy atom. The summed E-state index contributed by atoms with van der Waals surface area (Å²) in [6.45, 7) is 0. The normalized spacial score (nSPS) is 10.6. The van der Waals surface area contributed by atoms with Crippen molar-refractivity contribution in [2.45, 2.75) is 0 Å². The SMILES string of the molecule is O=C(Nc1ccc(Br)cc1)c1ccnc2nc[nH]c12. The molecule has 0 aliphatic carbocycles. The molecule has 0 radical (unpaired) electrons. The molecule has 6 heteroatoms. The highest BCUT2D eigenvalue weighted by atomic mass is 79.9. The van der Waals surface area contributed by atoms with Gasteiger partial charge in [-0.15, -0.1) is 0 Å². The lowest BCUT2D eigenvalue weighted by Gasteiger charge is -2.05. The molecule has 1 aromatic carbocycles. The number of nitrogens with zero attached hydrogens (tertiary/aromatic N) is 2. The Labute approximate surface area is 117 Å². The molecule has 2 N–H and O–H groups in total. The molecule has 0 aliphatic rings. The maximum Gasteiger partial charge on any atom is 0.257 e. The van der Waals surface area contributed by atoms with E-state index in [0.29, 0.717) is 16.7 Å². The van der Waals surface area contributed by atoms with Crippen molar-refractivity contribution < 1.29 is 4.79 Å². The molecular weight excluding hydrogens is 308 g/mol. The lowest BCUT2D eigenvalue weighted by molar-refractivity contribution is 0.102. The van der Waals surface area contributed by atoms with Gasteiger partial charge in [0.1, 0.15) is 0 Å². The Hall–Kier alpha value is -2.21. The zero-order valence-electron chi connectivity index (χ0n) is 9.72. The second-order valence-corrected chi connectivity index (χ2v) is 4.84. The molecule has 3 rings (SSSR count). The van der Waals surface area contributed by atoms with Crippen LogP contribution in [0, 0.1) is 0 Å². The second-order valence-electron chi connectivity index (χ2n) is 3.92. The number of anilines is 1. The van der Waals surface area contributed by atoms with Crippen LogP contribution in [-0.2, 0) is 0 Å². The smallest absolute Gasteiger partial charge is 0.257 e. The third kappa shape index (κ3) is 2.34. The number of carbonyl (C=O) groups excluding carboxylic acids is 1. The van der Waals surface area contributed by atoms with Crippen molar-refractivity contribution in [3.63, 3.8) is 0 Å². The van der Waals surface area contributed by atoms with Gasteiger partial charge in [-0.05, 0) is 30.3 Å². The summed E-state index contributed by atoms with van der Waals surface area (Å²) in [7, 11) is 0. The zero-order valence-corrected chi connectivity index (χ0v) is 11.3. The van der Waals surface area contributed by atoms with Crippen molar-refractivity contribution in [2.75, 3.05) is 5.32 Å². The first-order chi connectivity index (χ1) is 9.24. The number of H-pyrrole nitrogens is 1. The number of imidazole rings is 1. The van der Waals surface area contributed by atoms with Crippen molar-refractivity contribution in [2.24, 2.45) is 0 Å². The fourth-order valence-electron chi connectivity index (χ4n) is 1.77. The van der Waals surface area contributed by atoms with E-state index >= 15 is 0 Å². The summed E-state index contributed by atoms with van der Waals surface area (Å²) in [6.07, 6.45) is 3.09. The van der Waals surface area contributed by atoms with Crippen LogP contribution in [0.5, 0.6) is 0 Å². The van der Waals surface area contributed by atoms with E-state index < -0.39 is 0 Å². The van der Waals surface area contributed by atoms with Crippen LogP contribution in [0.1, 0.15) is 10.4 Å². The van der Waals surface area contributed by atoms with Gasteiger partial charge in [0, 0.05) is 16.4 Å². The Kier molecular flexibility index (Phi) is 3.00. The average molecular weight is 317 g/mol. The molecule has 3 aromatic rings. The van der Waals surface area contributed by atoms with Crippen molar-refractivity contribution in [3.05, 3.63) is 52.9 Å². The van der Waals surface area contributed by atoms with Crippen molar-refractivity contribution in [1.82, 2.24) is 15.0 Å². The Balaban J connectivity index is 1.92. The van der Waals surface area contributed by atoms with Crippen LogP contribution in [0.2, 0.25) is 0 Å². The van der Waals surface area contributed by atoms with Crippen LogP contribution in [-0.4, -0.2) is 20.9 Å². The summed E-state index contributed by atoms with van der Waals surface area (Å²) in [4.78, 5) is 23.2. The third-order valence-electron chi connectivity index (χ3n) is 2.67. The van der Waals surface area contributed by atoms with Crippen LogP contribution >= 0.6 is 15.9 Å². The number of hydrogen-bond donors (Lipinski definition) is 2. The van der Waals surface area contributed by atoms with Crippen LogP contribution < -0.4 is 5.32 Å². The molecular formula is C13H9BrN4O. The number of nitrogens with one attached hydrogen (secondary N) is 2. The quantitative estimate of drug-likeness (QED) is 0.763. The predicted molar refractivity (Wildman–Crippen MR) is 76.0 cm³/mol. The van der Waals surface area contributed by atoms with Gasteiger partial charge in [-0.3, -0.25) is 4.79 Å². The van der Waals surface area contributed by atoms with E-state index in [9.17, 15) is 4.79 Å². The number of aromatic amines is 1. The molecule has 2 aromatic heterocycles. The topological polar surface area (TPSA) is 70.7 Å². The Bertz CT molecular complexity index is 736. The monoisotopic (exact) mass is 316 g/mol. The standard InChI is InChI=1S/C13H9BrN4O/c14-8-1-3-9(4-2-8)18-13(19)10-5-6-15-12-11(10)16-7-17-12/h1-7H,(H,18,19)(H,15,16,17). The van der Waals surface area contributed by atoms with Gasteiger partial charge in [0.05, 0.1) is 17.4 Å². The molecule has 5 nitrogen and oxygen atoms in total. The average Bonchev–Trinajstić information content (AvgIpc) is 2.89. The Morgan fingerprint density at radius 3 is 2.74 bits per heavy atom. The molecule has 0 saturated carbocycles. The minimum Gasteiger partial charge on any atom is -0.343 e. The fourth-order valence-corrected chi connectivity index (χ4v) is 2.03. The maximum absolute atomic E-state index is 12.2. The van der Waals surface area contributed by atoms with E-state index in [4.69, 9.17) is 0 Å². The van der Waals surface area contributed by atoms with Gasteiger partial charge < -0.3 is 10.3 Å². The van der Waals surface area contributed by atoms with Gasteiger partial charge in [0.15, 0.2) is 5.65 Å². The number of halogens is 1. The first-order valence-electron chi connectivity index (χ1n) is 5.59. The van der Waals surface area contributed by atoms with Crippen LogP contribution in [0.15, 0.2) is 47.3 Å². The number of aromatic nitrogens is 3. The summed E-state index contributed by atoms with van der Waals surface area (Å²) < 4.78 is 0.963. The van der Waals surface area contributed by atoms with Gasteiger partial charge in [-0.1, -0.05) is 15.9 Å². The van der Waals surface area contributed by atoms with Crippen LogP contribution in [0.25, 0.3) is 11.2 Å². The predicted octanol–water partition coefficient (Wildman–Crippen LogP) is 2.97. The van der Waals surface area contributed by atoms with E-state index in [1.54, 1.807) is 12.3 Å². The molecule has 1 amide bonds. The number of rotatable bonds is 2. The first kappa shape index (κ1) is 11.9. The van der Waals surface area contributed by atoms with Crippen LogP contribution in [0.4, 0.5) is 5.69 Å². The van der Waals surface area contributed by atoms with E-state index in [0.717, 1.165) is 10.2 Å². The van der Waals surface area contributed by atoms with E-state index in [1.807, 2.05) is 24.3 Å². The van der Waals surface area contributed by atoms with E-state index in [-0.39, 0.29) is 5.91 Å². The number of hydrogen-bond acceptors (Lipinski definition) is 3. The Morgan fingerprint density at radius 1 is 1.16 bits per heavy atom. The van der Waals surface area contributed by atoms with Gasteiger partial charge in [0.2, 0.25) is 0 Å². The minimum atomic E-state index is -0.195. The lowest BCUT2D eigenvalue weighted by atomic mass is 10.2. The zero-order chi connectivity index (χ0) is 13.2. The molecule has 2 heterocycles. The van der Waals surface area contributed by atoms with Gasteiger partial charge in [0.25, 0.3) is 5.91 Å². The van der Waals surface area contributed by atoms with E-state index in [1.165, 1.54) is 6.33 Å². The minimum absolute atomic E-state index is 0.195. The van der Waals surface area contributed by atoms with Crippen molar-refractivity contribution >= 4 is 38.7 Å². The fraction of sp³-hybridized carbons (Fsp3) is 0. The van der Waals surface area contributed by atoms with Crippen molar-refractivity contribution in [3.8, 4) is 0 Å². The molecule has 0 unspecified atom stereocenters. The number of benzene rings is 1. The molecule has 0 fully saturated rings. The summed E-state index contributed by atoms with van der Waals surface area (Å²) >= 11 is 3.35. The number of amides is 1. The highest BCUT2D eigenvalue weighted by Gasteiger charge is 2.12. The summed E-state index contributed by atoms with van der Waals surface area (Å²) in [6, 6.07) is 9.05. The number of fused-ring (bicyclic) bond motifs is 1. The van der Waals surface area contributed by atoms with Gasteiger partial charge in [-0.25, -0.2) is 9.97 Å². The first-order valence-corrected chi connectivity index (χ1v) is 6.38. The van der Waals surface area contributed by atoms with Gasteiger partial charge in [-0.2, -0.15) is 0 Å². The molecule has 94 valence electrons. The van der Waals surface area contributed by atoms with E-state index in [2.05, 4.69) is 36.2 Å². The van der Waals surface area contributed by atoms with Crippen molar-refractivity contribution in [1.29, 1.82) is 0 Å². The lowest BCUT2D eigenvalue weighted by Crippen LogP contribution is -2.12. The van der Waals surface area contributed by atoms with Gasteiger partial charge >= 0.3 is 0 Å². The summed E-state index contributed by atoms with van der Waals surface area (Å²) in [5.41, 5.74) is 2.42. The molecule has 19 heavy (non-hydrogen) atoms. The summed E-state index contributed by atoms with van der Waals surface area (Å²) in [5.74, 6) is -0.195. The molecule has 0 aliphatic heterocycles. The molecule has 0 atom stereocenters. The largest absolute Gasteiger partial charge is 0.343 e. The molecule has 0 spiro atoms. The molecule has 0 bridgehead atoms. The molecule has 0 saturated heterocycles.